The van der Waals surface area contributed by atoms with Gasteiger partial charge in [0.2, 0.25) is 5.91 Å². The van der Waals surface area contributed by atoms with Crippen LogP contribution in [0.1, 0.15) is 44.2 Å². The van der Waals surface area contributed by atoms with Crippen molar-refractivity contribution in [2.24, 2.45) is 0 Å². The zero-order valence-electron chi connectivity index (χ0n) is 11.2. The van der Waals surface area contributed by atoms with Crippen LogP contribution in [0.15, 0.2) is 30.3 Å². The second-order valence-electron chi connectivity index (χ2n) is 4.72. The van der Waals surface area contributed by atoms with Crippen LogP contribution in [-0.4, -0.2) is 20.9 Å². The summed E-state index contributed by atoms with van der Waals surface area (Å²) in [6, 6.07) is 10.3. The zero-order valence-corrected chi connectivity index (χ0v) is 12.8. The summed E-state index contributed by atoms with van der Waals surface area (Å²) in [5.41, 5.74) is 1.18. The molecule has 0 spiro atoms. The molecule has 0 aliphatic carbocycles. The van der Waals surface area contributed by atoms with Crippen molar-refractivity contribution < 1.29 is 4.79 Å². The maximum absolute atomic E-state index is 12.3. The highest BCUT2D eigenvalue weighted by Gasteiger charge is 2.34. The van der Waals surface area contributed by atoms with E-state index < -0.39 is 0 Å². The topological polar surface area (TPSA) is 20.3 Å². The van der Waals surface area contributed by atoms with Crippen molar-refractivity contribution in [3.63, 3.8) is 0 Å². The SMILES string of the molecule is CCCCCC(=O)N1C(=S)SC[C@H]1c1ccccc1. The van der Waals surface area contributed by atoms with Gasteiger partial charge in [0.1, 0.15) is 4.32 Å². The van der Waals surface area contributed by atoms with Crippen molar-refractivity contribution in [2.75, 3.05) is 5.75 Å². The van der Waals surface area contributed by atoms with E-state index in [9.17, 15) is 4.79 Å². The Morgan fingerprint density at radius 1 is 1.37 bits per heavy atom. The number of carbonyl (C=O) groups is 1. The van der Waals surface area contributed by atoms with Crippen LogP contribution in [0, 0.1) is 0 Å². The molecule has 1 aliphatic rings. The first-order valence-corrected chi connectivity index (χ1v) is 8.17. The molecular formula is C15H19NOS2. The van der Waals surface area contributed by atoms with E-state index in [0.29, 0.717) is 6.42 Å². The van der Waals surface area contributed by atoms with Gasteiger partial charge in [-0.2, -0.15) is 0 Å². The molecule has 1 aliphatic heterocycles. The summed E-state index contributed by atoms with van der Waals surface area (Å²) in [5, 5.41) is 0. The van der Waals surface area contributed by atoms with Gasteiger partial charge in [-0.25, -0.2) is 0 Å². The van der Waals surface area contributed by atoms with Crippen LogP contribution in [0.5, 0.6) is 0 Å². The highest BCUT2D eigenvalue weighted by Crippen LogP contribution is 2.35. The summed E-state index contributed by atoms with van der Waals surface area (Å²) < 4.78 is 0.732. The Balaban J connectivity index is 2.07. The van der Waals surface area contributed by atoms with Gasteiger partial charge in [-0.1, -0.05) is 74.1 Å². The number of hydrogen-bond donors (Lipinski definition) is 0. The average Bonchev–Trinajstić information content (AvgIpc) is 2.82. The van der Waals surface area contributed by atoms with E-state index in [2.05, 4.69) is 19.1 Å². The Kier molecular flexibility index (Phi) is 5.40. The van der Waals surface area contributed by atoms with Crippen molar-refractivity contribution in [3.05, 3.63) is 35.9 Å². The maximum atomic E-state index is 12.3. The Morgan fingerprint density at radius 3 is 2.79 bits per heavy atom. The van der Waals surface area contributed by atoms with Crippen LogP contribution in [0.25, 0.3) is 0 Å². The van der Waals surface area contributed by atoms with Gasteiger partial charge < -0.3 is 0 Å². The lowest BCUT2D eigenvalue weighted by Gasteiger charge is -2.24. The number of nitrogens with zero attached hydrogens (tertiary/aromatic N) is 1. The average molecular weight is 293 g/mol. The number of benzene rings is 1. The van der Waals surface area contributed by atoms with Gasteiger partial charge >= 0.3 is 0 Å². The molecule has 4 heteroatoms. The van der Waals surface area contributed by atoms with E-state index in [1.54, 1.807) is 11.8 Å². The Hall–Kier alpha value is -0.870. The third-order valence-corrected chi connectivity index (χ3v) is 4.80. The molecule has 1 atom stereocenters. The van der Waals surface area contributed by atoms with Gasteiger partial charge in [-0.3, -0.25) is 9.69 Å². The fourth-order valence-electron chi connectivity index (χ4n) is 2.26. The van der Waals surface area contributed by atoms with E-state index in [1.807, 2.05) is 23.1 Å². The van der Waals surface area contributed by atoms with Gasteiger partial charge in [0.05, 0.1) is 6.04 Å². The van der Waals surface area contributed by atoms with E-state index in [-0.39, 0.29) is 11.9 Å². The molecule has 0 bridgehead atoms. The van der Waals surface area contributed by atoms with Crippen molar-refractivity contribution >= 4 is 34.2 Å². The quantitative estimate of drug-likeness (QED) is 0.600. The van der Waals surface area contributed by atoms with Gasteiger partial charge in [0, 0.05) is 12.2 Å². The molecule has 1 aromatic carbocycles. The predicted molar refractivity (Wildman–Crippen MR) is 85.2 cm³/mol. The Morgan fingerprint density at radius 2 is 2.11 bits per heavy atom. The third kappa shape index (κ3) is 3.57. The molecule has 0 N–H and O–H groups in total. The minimum absolute atomic E-state index is 0.118. The summed E-state index contributed by atoms with van der Waals surface area (Å²) in [6.07, 6.45) is 3.81. The fraction of sp³-hybridized carbons (Fsp3) is 0.467. The zero-order chi connectivity index (χ0) is 13.7. The molecule has 0 unspecified atom stereocenters. The van der Waals surface area contributed by atoms with Crippen LogP contribution in [-0.2, 0) is 4.79 Å². The number of carbonyl (C=O) groups excluding carboxylic acids is 1. The highest BCUT2D eigenvalue weighted by molar-refractivity contribution is 8.23. The molecule has 1 fully saturated rings. The van der Waals surface area contributed by atoms with Crippen molar-refractivity contribution in [2.45, 2.75) is 38.6 Å². The van der Waals surface area contributed by atoms with Crippen LogP contribution in [0.4, 0.5) is 0 Å². The smallest absolute Gasteiger partial charge is 0.228 e. The maximum Gasteiger partial charge on any atom is 0.228 e. The van der Waals surface area contributed by atoms with Crippen LogP contribution in [0.3, 0.4) is 0 Å². The van der Waals surface area contributed by atoms with Gasteiger partial charge in [0.15, 0.2) is 0 Å². The summed E-state index contributed by atoms with van der Waals surface area (Å²) in [7, 11) is 0. The fourth-order valence-corrected chi connectivity index (χ4v) is 3.71. The normalized spacial score (nSPS) is 18.9. The molecule has 0 radical (unpaired) electrons. The number of rotatable bonds is 5. The molecule has 2 nitrogen and oxygen atoms in total. The predicted octanol–water partition coefficient (Wildman–Crippen LogP) is 4.17. The largest absolute Gasteiger partial charge is 0.289 e. The molecule has 1 heterocycles. The molecule has 102 valence electrons. The number of unbranched alkanes of at least 4 members (excludes halogenated alkanes) is 2. The van der Waals surface area contributed by atoms with Gasteiger partial charge in [-0.05, 0) is 12.0 Å². The van der Waals surface area contributed by atoms with Crippen molar-refractivity contribution in [3.8, 4) is 0 Å². The first-order chi connectivity index (χ1) is 9.24. The lowest BCUT2D eigenvalue weighted by atomic mass is 10.1. The van der Waals surface area contributed by atoms with E-state index in [4.69, 9.17) is 12.2 Å². The van der Waals surface area contributed by atoms with Crippen molar-refractivity contribution in [1.82, 2.24) is 4.90 Å². The first-order valence-electron chi connectivity index (χ1n) is 6.77. The summed E-state index contributed by atoms with van der Waals surface area (Å²) in [4.78, 5) is 14.2. The van der Waals surface area contributed by atoms with Gasteiger partial charge in [0.25, 0.3) is 0 Å². The second kappa shape index (κ2) is 7.06. The molecular weight excluding hydrogens is 274 g/mol. The summed E-state index contributed by atoms with van der Waals surface area (Å²) in [5.74, 6) is 1.06. The van der Waals surface area contributed by atoms with E-state index in [0.717, 1.165) is 29.3 Å². The van der Waals surface area contributed by atoms with Crippen LogP contribution >= 0.6 is 24.0 Å². The van der Waals surface area contributed by atoms with Crippen LogP contribution < -0.4 is 0 Å². The number of amides is 1. The first kappa shape index (κ1) is 14.5. The summed E-state index contributed by atoms with van der Waals surface area (Å²) >= 11 is 6.95. The van der Waals surface area contributed by atoms with Crippen LogP contribution in [0.2, 0.25) is 0 Å². The second-order valence-corrected chi connectivity index (χ2v) is 6.38. The molecule has 1 aromatic rings. The Bertz CT molecular complexity index is 447. The molecule has 1 saturated heterocycles. The third-order valence-electron chi connectivity index (χ3n) is 3.32. The van der Waals surface area contributed by atoms with E-state index >= 15 is 0 Å². The molecule has 0 aromatic heterocycles. The molecule has 2 rings (SSSR count). The lowest BCUT2D eigenvalue weighted by Crippen LogP contribution is -2.33. The van der Waals surface area contributed by atoms with E-state index in [1.165, 1.54) is 5.56 Å². The van der Waals surface area contributed by atoms with Gasteiger partial charge in [-0.15, -0.1) is 0 Å². The molecule has 1 amide bonds. The minimum atomic E-state index is 0.118. The minimum Gasteiger partial charge on any atom is -0.289 e. The van der Waals surface area contributed by atoms with Crippen molar-refractivity contribution in [1.29, 1.82) is 0 Å². The monoisotopic (exact) mass is 293 g/mol. The number of hydrogen-bond acceptors (Lipinski definition) is 3. The lowest BCUT2D eigenvalue weighted by molar-refractivity contribution is -0.128. The Labute approximate surface area is 124 Å². The molecule has 19 heavy (non-hydrogen) atoms. The number of thiocarbonyl (C=S) groups is 1. The standard InChI is InChI=1S/C15H19NOS2/c1-2-3-5-10-14(17)16-13(11-19-15(16)18)12-8-6-4-7-9-12/h4,6-9,13H,2-3,5,10-11H2,1H3/t13-/m0/s1. The summed E-state index contributed by atoms with van der Waals surface area (Å²) in [6.45, 7) is 2.15. The number of thioether (sulfide) groups is 1. The highest BCUT2D eigenvalue weighted by atomic mass is 32.2. The molecule has 0 saturated carbocycles.